The summed E-state index contributed by atoms with van der Waals surface area (Å²) in [4.78, 5) is 28.1. The maximum atomic E-state index is 12.2. The Morgan fingerprint density at radius 1 is 1.43 bits per heavy atom. The number of thiazole rings is 1. The summed E-state index contributed by atoms with van der Waals surface area (Å²) >= 11 is 1.35. The van der Waals surface area contributed by atoms with Crippen LogP contribution in [0.25, 0.3) is 22.4 Å². The number of aliphatic hydroxyl groups excluding tert-OH is 1. The summed E-state index contributed by atoms with van der Waals surface area (Å²) in [6.07, 6.45) is 5.04. The minimum atomic E-state index is -0.546. The minimum Gasteiger partial charge on any atom is -0.392 e. The predicted octanol–water partition coefficient (Wildman–Crippen LogP) is 2.67. The molecule has 1 aliphatic carbocycles. The molecule has 122 valence electrons. The van der Waals surface area contributed by atoms with E-state index in [2.05, 4.69) is 25.3 Å². The second kappa shape index (κ2) is 5.71. The molecule has 8 heteroatoms. The van der Waals surface area contributed by atoms with E-state index >= 15 is 0 Å². The molecule has 23 heavy (non-hydrogen) atoms. The number of nitrogens with zero attached hydrogens (tertiary/aromatic N) is 3. The number of amides is 1. The molecule has 0 aromatic carbocycles. The van der Waals surface area contributed by atoms with Crippen LogP contribution in [0.5, 0.6) is 0 Å². The lowest BCUT2D eigenvalue weighted by atomic mass is 10.1. The number of anilines is 1. The monoisotopic (exact) mass is 333 g/mol. The third-order valence-corrected chi connectivity index (χ3v) is 4.90. The van der Waals surface area contributed by atoms with E-state index in [1.807, 2.05) is 11.4 Å². The van der Waals surface area contributed by atoms with Gasteiger partial charge in [0.25, 0.3) is 0 Å². The Labute approximate surface area is 138 Å². The van der Waals surface area contributed by atoms with Crippen molar-refractivity contribution in [2.24, 2.45) is 5.92 Å². The molecule has 1 saturated carbocycles. The van der Waals surface area contributed by atoms with E-state index in [-0.39, 0.29) is 14.7 Å². The van der Waals surface area contributed by atoms with E-state index in [1.54, 1.807) is 6.20 Å². The molecule has 3 aromatic rings. The summed E-state index contributed by atoms with van der Waals surface area (Å²) in [6.45, 7) is 0. The molecule has 0 radical (unpaired) electrons. The van der Waals surface area contributed by atoms with Crippen LogP contribution >= 0.6 is 11.3 Å². The number of aromatic nitrogens is 4. The van der Waals surface area contributed by atoms with Crippen molar-refractivity contribution in [1.29, 1.82) is 0 Å². The molecule has 1 fully saturated rings. The van der Waals surface area contributed by atoms with Gasteiger partial charge in [0.15, 0.2) is 5.13 Å². The standard InChI is InChI=1S/C15H15N5O2S.2H2/c21-11-3-1-2-8(11)14(22)20-15-19-10(6-23-15)12-9-4-5-16-13(9)18-7-17-12;;/h4-8,11,21H,1-3H2,(H,16,17,18)(H,19,20,22);2*1H. The molecule has 0 aliphatic heterocycles. The molecule has 3 N–H and O–H groups in total. The maximum Gasteiger partial charge on any atom is 0.231 e. The van der Waals surface area contributed by atoms with E-state index in [0.717, 1.165) is 29.6 Å². The Morgan fingerprint density at radius 3 is 3.17 bits per heavy atom. The average molecular weight is 333 g/mol. The first kappa shape index (κ1) is 14.3. The van der Waals surface area contributed by atoms with Gasteiger partial charge < -0.3 is 15.4 Å². The van der Waals surface area contributed by atoms with Crippen LogP contribution in [0.1, 0.15) is 22.1 Å². The molecule has 2 unspecified atom stereocenters. The van der Waals surface area contributed by atoms with Crippen molar-refractivity contribution < 1.29 is 12.8 Å². The Bertz CT molecular complexity index is 868. The molecular formula is C15H19N5O2S. The zero-order chi connectivity index (χ0) is 15.8. The Morgan fingerprint density at radius 2 is 2.35 bits per heavy atom. The predicted molar refractivity (Wildman–Crippen MR) is 91.2 cm³/mol. The lowest BCUT2D eigenvalue weighted by Gasteiger charge is -2.12. The second-order valence-corrected chi connectivity index (χ2v) is 6.45. The van der Waals surface area contributed by atoms with Crippen molar-refractivity contribution in [2.45, 2.75) is 25.4 Å². The summed E-state index contributed by atoms with van der Waals surface area (Å²) in [5, 5.41) is 15.9. The van der Waals surface area contributed by atoms with Crippen LogP contribution in [0.4, 0.5) is 5.13 Å². The van der Waals surface area contributed by atoms with Gasteiger partial charge in [0.05, 0.1) is 12.0 Å². The largest absolute Gasteiger partial charge is 0.392 e. The van der Waals surface area contributed by atoms with Crippen LogP contribution in [0.2, 0.25) is 0 Å². The van der Waals surface area contributed by atoms with Gasteiger partial charge in [-0.2, -0.15) is 0 Å². The number of fused-ring (bicyclic) bond motifs is 1. The van der Waals surface area contributed by atoms with Crippen LogP contribution in [0.3, 0.4) is 0 Å². The highest BCUT2D eigenvalue weighted by Gasteiger charge is 2.31. The molecular weight excluding hydrogens is 314 g/mol. The Hall–Kier alpha value is -2.32. The second-order valence-electron chi connectivity index (χ2n) is 5.59. The smallest absolute Gasteiger partial charge is 0.231 e. The van der Waals surface area contributed by atoms with Crippen LogP contribution in [0.15, 0.2) is 24.0 Å². The summed E-state index contributed by atoms with van der Waals surface area (Å²) in [5.74, 6) is -0.497. The maximum absolute atomic E-state index is 12.2. The van der Waals surface area contributed by atoms with Gasteiger partial charge >= 0.3 is 0 Å². The van der Waals surface area contributed by atoms with Gasteiger partial charge in [-0.15, -0.1) is 11.3 Å². The first-order valence-electron chi connectivity index (χ1n) is 7.45. The molecule has 3 aromatic heterocycles. The Kier molecular flexibility index (Phi) is 3.55. The number of hydrogen-bond donors (Lipinski definition) is 3. The van der Waals surface area contributed by atoms with E-state index in [4.69, 9.17) is 0 Å². The summed E-state index contributed by atoms with van der Waals surface area (Å²) < 4.78 is 0. The highest BCUT2D eigenvalue weighted by Crippen LogP contribution is 2.30. The minimum absolute atomic E-state index is 0. The SMILES string of the molecule is O=C(Nc1nc(-c2ncnc3[nH]ccc23)cs1)C1CCCC1O.[HH].[HH]. The van der Waals surface area contributed by atoms with Crippen LogP contribution < -0.4 is 5.32 Å². The average Bonchev–Trinajstić information content (AvgIpc) is 3.26. The zero-order valence-electron chi connectivity index (χ0n) is 12.2. The third kappa shape index (κ3) is 2.60. The van der Waals surface area contributed by atoms with Gasteiger partial charge in [0.1, 0.15) is 23.4 Å². The van der Waals surface area contributed by atoms with Crippen molar-refractivity contribution in [3.63, 3.8) is 0 Å². The molecule has 0 saturated heterocycles. The van der Waals surface area contributed by atoms with Crippen LogP contribution in [-0.2, 0) is 4.79 Å². The number of aromatic amines is 1. The van der Waals surface area contributed by atoms with Gasteiger partial charge in [-0.05, 0) is 25.3 Å². The van der Waals surface area contributed by atoms with Crippen molar-refractivity contribution in [3.05, 3.63) is 24.0 Å². The highest BCUT2D eigenvalue weighted by molar-refractivity contribution is 7.14. The van der Waals surface area contributed by atoms with E-state index in [9.17, 15) is 9.90 Å². The molecule has 7 nitrogen and oxygen atoms in total. The van der Waals surface area contributed by atoms with Crippen molar-refractivity contribution in [3.8, 4) is 11.4 Å². The summed E-state index contributed by atoms with van der Waals surface area (Å²) in [7, 11) is 0. The zero-order valence-corrected chi connectivity index (χ0v) is 13.0. The topological polar surface area (TPSA) is 104 Å². The van der Waals surface area contributed by atoms with Gasteiger partial charge in [0.2, 0.25) is 5.91 Å². The van der Waals surface area contributed by atoms with Gasteiger partial charge in [-0.1, -0.05) is 0 Å². The molecule has 1 aliphatic rings. The van der Waals surface area contributed by atoms with Crippen molar-refractivity contribution in [1.82, 2.24) is 19.9 Å². The number of carbonyl (C=O) groups excluding carboxylic acids is 1. The fourth-order valence-electron chi connectivity index (χ4n) is 2.96. The van der Waals surface area contributed by atoms with Gasteiger partial charge in [-0.25, -0.2) is 15.0 Å². The number of carbonyl (C=O) groups is 1. The van der Waals surface area contributed by atoms with Crippen LogP contribution in [0, 0.1) is 5.92 Å². The summed E-state index contributed by atoms with van der Waals surface area (Å²) in [5.41, 5.74) is 2.18. The Balaban J connectivity index is 0.00000113. The molecule has 0 spiro atoms. The van der Waals surface area contributed by atoms with Crippen molar-refractivity contribution >= 4 is 33.4 Å². The quantitative estimate of drug-likeness (QED) is 0.683. The molecule has 3 heterocycles. The van der Waals surface area contributed by atoms with Gasteiger partial charge in [0, 0.05) is 19.8 Å². The van der Waals surface area contributed by atoms with E-state index in [0.29, 0.717) is 17.2 Å². The summed E-state index contributed by atoms with van der Waals surface area (Å²) in [6, 6.07) is 1.90. The number of hydrogen-bond acceptors (Lipinski definition) is 6. The van der Waals surface area contributed by atoms with Gasteiger partial charge in [-0.3, -0.25) is 4.79 Å². The third-order valence-electron chi connectivity index (χ3n) is 4.15. The fourth-order valence-corrected chi connectivity index (χ4v) is 3.66. The fraction of sp³-hybridized carbons (Fsp3) is 0.333. The lowest BCUT2D eigenvalue weighted by Crippen LogP contribution is -2.28. The molecule has 0 bridgehead atoms. The molecule has 1 amide bonds. The number of nitrogens with one attached hydrogen (secondary N) is 2. The first-order valence-corrected chi connectivity index (χ1v) is 8.33. The van der Waals surface area contributed by atoms with Crippen molar-refractivity contribution in [2.75, 3.05) is 5.32 Å². The molecule has 2 atom stereocenters. The highest BCUT2D eigenvalue weighted by atomic mass is 32.1. The molecule has 4 rings (SSSR count). The van der Waals surface area contributed by atoms with E-state index in [1.165, 1.54) is 17.7 Å². The number of aliphatic hydroxyl groups is 1. The van der Waals surface area contributed by atoms with Crippen LogP contribution in [-0.4, -0.2) is 37.1 Å². The normalized spacial score (nSPS) is 20.9. The lowest BCUT2D eigenvalue weighted by molar-refractivity contribution is -0.122. The number of H-pyrrole nitrogens is 1. The first-order chi connectivity index (χ1) is 11.2. The van der Waals surface area contributed by atoms with E-state index < -0.39 is 6.10 Å². The number of rotatable bonds is 3.